The monoisotopic (exact) mass is 334 g/mol. The molecule has 0 radical (unpaired) electrons. The minimum atomic E-state index is -4.99. The van der Waals surface area contributed by atoms with Crippen LogP contribution in [0.3, 0.4) is 0 Å². The van der Waals surface area contributed by atoms with Crippen molar-refractivity contribution < 1.29 is 36.2 Å². The summed E-state index contributed by atoms with van der Waals surface area (Å²) in [5, 5.41) is 9.84. The quantitative estimate of drug-likeness (QED) is 0.626. The molecule has 122 valence electrons. The van der Waals surface area contributed by atoms with Crippen LogP contribution in [0.4, 0.5) is 26.3 Å². The van der Waals surface area contributed by atoms with Gasteiger partial charge in [0.25, 0.3) is 0 Å². The van der Waals surface area contributed by atoms with Gasteiger partial charge in [0.15, 0.2) is 6.29 Å². The first-order valence-electron chi connectivity index (χ1n) is 6.11. The number of phenols is 1. The van der Waals surface area contributed by atoms with E-state index >= 15 is 0 Å². The van der Waals surface area contributed by atoms with E-state index in [1.165, 1.54) is 12.1 Å². The van der Waals surface area contributed by atoms with E-state index in [2.05, 4.69) is 0 Å². The first kappa shape index (κ1) is 16.9. The highest BCUT2D eigenvalue weighted by Gasteiger charge is 2.37. The van der Waals surface area contributed by atoms with Gasteiger partial charge in [-0.25, -0.2) is 0 Å². The first-order valence-corrected chi connectivity index (χ1v) is 6.11. The number of hydrogen-bond acceptors (Lipinski definition) is 2. The number of phenolic OH excluding ortho intramolecular Hbond substituents is 1. The van der Waals surface area contributed by atoms with Gasteiger partial charge in [0.1, 0.15) is 5.75 Å². The van der Waals surface area contributed by atoms with Gasteiger partial charge >= 0.3 is 12.4 Å². The summed E-state index contributed by atoms with van der Waals surface area (Å²) in [6.45, 7) is 0. The third kappa shape index (κ3) is 3.46. The number of benzene rings is 2. The van der Waals surface area contributed by atoms with Gasteiger partial charge < -0.3 is 5.11 Å². The topological polar surface area (TPSA) is 37.3 Å². The van der Waals surface area contributed by atoms with E-state index in [0.717, 1.165) is 6.07 Å². The molecule has 0 spiro atoms. The van der Waals surface area contributed by atoms with Crippen molar-refractivity contribution in [2.24, 2.45) is 0 Å². The summed E-state index contributed by atoms with van der Waals surface area (Å²) in [6, 6.07) is 4.51. The van der Waals surface area contributed by atoms with Crippen LogP contribution >= 0.6 is 0 Å². The maximum Gasteiger partial charge on any atom is 0.416 e. The molecule has 0 heterocycles. The summed E-state index contributed by atoms with van der Waals surface area (Å²) < 4.78 is 76.9. The van der Waals surface area contributed by atoms with Gasteiger partial charge in [0.2, 0.25) is 0 Å². The van der Waals surface area contributed by atoms with Crippen LogP contribution in [0, 0.1) is 0 Å². The van der Waals surface area contributed by atoms with Crippen molar-refractivity contribution >= 4 is 6.29 Å². The van der Waals surface area contributed by atoms with Crippen LogP contribution < -0.4 is 0 Å². The van der Waals surface area contributed by atoms with Crippen molar-refractivity contribution in [1.29, 1.82) is 0 Å². The molecular weight excluding hydrogens is 326 g/mol. The molecule has 2 rings (SSSR count). The van der Waals surface area contributed by atoms with Crippen LogP contribution in [0.2, 0.25) is 0 Å². The average molecular weight is 334 g/mol. The second-order valence-corrected chi connectivity index (χ2v) is 4.66. The number of halogens is 6. The maximum absolute atomic E-state index is 12.8. The highest BCUT2D eigenvalue weighted by Crippen LogP contribution is 2.40. The van der Waals surface area contributed by atoms with Crippen LogP contribution in [0.5, 0.6) is 5.75 Å². The predicted octanol–water partition coefficient (Wildman–Crippen LogP) is 4.91. The Bertz CT molecular complexity index is 714. The fourth-order valence-corrected chi connectivity index (χ4v) is 2.00. The molecule has 0 atom stereocenters. The van der Waals surface area contributed by atoms with E-state index in [0.29, 0.717) is 12.1 Å². The Labute approximate surface area is 126 Å². The highest BCUT2D eigenvalue weighted by atomic mass is 19.4. The van der Waals surface area contributed by atoms with E-state index in [9.17, 15) is 36.2 Å². The molecular formula is C15H8F6O2. The number of carbonyl (C=O) groups is 1. The lowest BCUT2D eigenvalue weighted by Crippen LogP contribution is -2.11. The third-order valence-electron chi connectivity index (χ3n) is 3.09. The molecule has 0 aliphatic rings. The number of aromatic hydroxyl groups is 1. The summed E-state index contributed by atoms with van der Waals surface area (Å²) in [7, 11) is 0. The van der Waals surface area contributed by atoms with E-state index in [1.807, 2.05) is 0 Å². The van der Waals surface area contributed by atoms with Crippen LogP contribution in [-0.4, -0.2) is 11.4 Å². The van der Waals surface area contributed by atoms with Gasteiger partial charge in [-0.05, 0) is 29.8 Å². The van der Waals surface area contributed by atoms with Crippen LogP contribution in [0.1, 0.15) is 21.5 Å². The summed E-state index contributed by atoms with van der Waals surface area (Å²) in [4.78, 5) is 10.7. The average Bonchev–Trinajstić information content (AvgIpc) is 2.45. The van der Waals surface area contributed by atoms with Crippen molar-refractivity contribution in [2.75, 3.05) is 0 Å². The third-order valence-corrected chi connectivity index (χ3v) is 3.09. The molecule has 0 aliphatic carbocycles. The molecule has 0 aliphatic heterocycles. The summed E-state index contributed by atoms with van der Waals surface area (Å²) in [6.07, 6.45) is -9.74. The predicted molar refractivity (Wildman–Crippen MR) is 68.9 cm³/mol. The number of para-hydroxylation sites is 1. The Kier molecular flexibility index (Phi) is 4.10. The molecule has 0 bridgehead atoms. The Balaban J connectivity index is 2.75. The summed E-state index contributed by atoms with van der Waals surface area (Å²) in [5.41, 5.74) is -4.04. The number of carbonyl (C=O) groups excluding carboxylic acids is 1. The standard InChI is InChI=1S/C15H8F6O2/c16-14(17,18)10-4-9(5-11(6-10)15(19,20)21)12-3-1-2-8(7-22)13(12)23/h1-7,23H. The fourth-order valence-electron chi connectivity index (χ4n) is 2.00. The minimum absolute atomic E-state index is 0.00980. The Morgan fingerprint density at radius 1 is 0.870 bits per heavy atom. The van der Waals surface area contributed by atoms with Gasteiger partial charge in [0.05, 0.1) is 16.7 Å². The largest absolute Gasteiger partial charge is 0.507 e. The Morgan fingerprint density at radius 2 is 1.39 bits per heavy atom. The second-order valence-electron chi connectivity index (χ2n) is 4.66. The molecule has 1 N–H and O–H groups in total. The van der Waals surface area contributed by atoms with Crippen molar-refractivity contribution in [3.63, 3.8) is 0 Å². The molecule has 0 amide bonds. The van der Waals surface area contributed by atoms with Crippen molar-refractivity contribution in [3.8, 4) is 16.9 Å². The molecule has 2 nitrogen and oxygen atoms in total. The molecule has 0 aromatic heterocycles. The van der Waals surface area contributed by atoms with E-state index in [-0.39, 0.29) is 23.5 Å². The van der Waals surface area contributed by atoms with Gasteiger partial charge in [-0.3, -0.25) is 4.79 Å². The highest BCUT2D eigenvalue weighted by molar-refractivity contribution is 5.86. The molecule has 23 heavy (non-hydrogen) atoms. The van der Waals surface area contributed by atoms with Crippen LogP contribution in [-0.2, 0) is 12.4 Å². The minimum Gasteiger partial charge on any atom is -0.507 e. The molecule has 8 heteroatoms. The lowest BCUT2D eigenvalue weighted by atomic mass is 9.97. The van der Waals surface area contributed by atoms with Crippen molar-refractivity contribution in [3.05, 3.63) is 53.1 Å². The van der Waals surface area contributed by atoms with Crippen LogP contribution in [0.25, 0.3) is 11.1 Å². The lowest BCUT2D eigenvalue weighted by Gasteiger charge is -2.15. The first-order chi connectivity index (χ1) is 10.5. The van der Waals surface area contributed by atoms with Crippen molar-refractivity contribution in [1.82, 2.24) is 0 Å². The maximum atomic E-state index is 12.8. The van der Waals surface area contributed by atoms with Crippen molar-refractivity contribution in [2.45, 2.75) is 12.4 Å². The van der Waals surface area contributed by atoms with E-state index in [1.54, 1.807) is 0 Å². The number of rotatable bonds is 2. The van der Waals surface area contributed by atoms with Gasteiger partial charge in [-0.15, -0.1) is 0 Å². The fraction of sp³-hybridized carbons (Fsp3) is 0.133. The van der Waals surface area contributed by atoms with Crippen LogP contribution in [0.15, 0.2) is 36.4 Å². The zero-order valence-corrected chi connectivity index (χ0v) is 11.2. The van der Waals surface area contributed by atoms with Gasteiger partial charge in [0, 0.05) is 5.56 Å². The summed E-state index contributed by atoms with van der Waals surface area (Å²) in [5.74, 6) is -0.685. The SMILES string of the molecule is O=Cc1cccc(-c2cc(C(F)(F)F)cc(C(F)(F)F)c2)c1O. The Morgan fingerprint density at radius 3 is 1.83 bits per heavy atom. The molecule has 0 saturated carbocycles. The van der Waals surface area contributed by atoms with Gasteiger partial charge in [-0.2, -0.15) is 26.3 Å². The number of hydrogen-bond donors (Lipinski definition) is 1. The number of aldehydes is 1. The van der Waals surface area contributed by atoms with Gasteiger partial charge in [-0.1, -0.05) is 12.1 Å². The second kappa shape index (κ2) is 5.60. The van der Waals surface area contributed by atoms with E-state index < -0.39 is 34.8 Å². The normalized spacial score (nSPS) is 12.3. The smallest absolute Gasteiger partial charge is 0.416 e. The Hall–Kier alpha value is -2.51. The molecule has 0 saturated heterocycles. The molecule has 0 fully saturated rings. The molecule has 2 aromatic rings. The number of alkyl halides is 6. The lowest BCUT2D eigenvalue weighted by molar-refractivity contribution is -0.143. The summed E-state index contributed by atoms with van der Waals surface area (Å²) >= 11 is 0. The molecule has 2 aromatic carbocycles. The van der Waals surface area contributed by atoms with E-state index in [4.69, 9.17) is 0 Å². The zero-order chi connectivity index (χ0) is 17.4. The zero-order valence-electron chi connectivity index (χ0n) is 11.2. The molecule has 0 unspecified atom stereocenters.